The van der Waals surface area contributed by atoms with E-state index < -0.39 is 10.0 Å². The van der Waals surface area contributed by atoms with Crippen molar-refractivity contribution in [1.82, 2.24) is 9.62 Å². The van der Waals surface area contributed by atoms with E-state index in [1.165, 1.54) is 0 Å². The highest BCUT2D eigenvalue weighted by Crippen LogP contribution is 2.31. The highest BCUT2D eigenvalue weighted by atomic mass is 32.2. The first-order valence-electron chi connectivity index (χ1n) is 7.61. The van der Waals surface area contributed by atoms with Crippen LogP contribution in [-0.4, -0.2) is 53.2 Å². The smallest absolute Gasteiger partial charge is 0.240 e. The predicted molar refractivity (Wildman–Crippen MR) is 88.0 cm³/mol. The Labute approximate surface area is 132 Å². The number of ether oxygens (including phenoxy) is 1. The minimum absolute atomic E-state index is 0.138. The van der Waals surface area contributed by atoms with Gasteiger partial charge in [-0.2, -0.15) is 0 Å². The van der Waals surface area contributed by atoms with E-state index in [1.807, 2.05) is 19.0 Å². The standard InChI is InChI=1S/C15H25N3O3S/c1-4-12-11-16-14-10-13(6-7-15(14)21-12)22(19,20)17-8-5-9-18(2)3/h6-7,10,12,16-17H,4-5,8-9,11H2,1-3H3. The van der Waals surface area contributed by atoms with Gasteiger partial charge in [-0.05, 0) is 51.7 Å². The molecule has 0 fully saturated rings. The SMILES string of the molecule is CCC1CNc2cc(S(=O)(=O)NCCCN(C)C)ccc2O1. The molecule has 1 aromatic rings. The van der Waals surface area contributed by atoms with Crippen LogP contribution in [0.3, 0.4) is 0 Å². The minimum Gasteiger partial charge on any atom is -0.486 e. The number of rotatable bonds is 7. The third kappa shape index (κ3) is 4.34. The lowest BCUT2D eigenvalue weighted by atomic mass is 10.2. The Morgan fingerprint density at radius 1 is 1.41 bits per heavy atom. The second-order valence-electron chi connectivity index (χ2n) is 5.74. The van der Waals surface area contributed by atoms with E-state index in [0.29, 0.717) is 18.8 Å². The van der Waals surface area contributed by atoms with Crippen molar-refractivity contribution < 1.29 is 13.2 Å². The summed E-state index contributed by atoms with van der Waals surface area (Å²) in [4.78, 5) is 2.29. The molecule has 0 saturated carbocycles. The Morgan fingerprint density at radius 3 is 2.86 bits per heavy atom. The molecule has 0 saturated heterocycles. The molecule has 1 aromatic carbocycles. The van der Waals surface area contributed by atoms with Crippen molar-refractivity contribution in [2.24, 2.45) is 0 Å². The lowest BCUT2D eigenvalue weighted by Gasteiger charge is -2.26. The van der Waals surface area contributed by atoms with Crippen LogP contribution in [0.15, 0.2) is 23.1 Å². The molecule has 1 aliphatic heterocycles. The second-order valence-corrected chi connectivity index (χ2v) is 7.51. The number of anilines is 1. The zero-order valence-corrected chi connectivity index (χ0v) is 14.2. The molecule has 2 rings (SSSR count). The molecule has 0 spiro atoms. The van der Waals surface area contributed by atoms with Crippen LogP contribution in [0.1, 0.15) is 19.8 Å². The van der Waals surface area contributed by atoms with Gasteiger partial charge >= 0.3 is 0 Å². The van der Waals surface area contributed by atoms with Crippen LogP contribution >= 0.6 is 0 Å². The molecule has 6 nitrogen and oxygen atoms in total. The van der Waals surface area contributed by atoms with Crippen LogP contribution < -0.4 is 14.8 Å². The highest BCUT2D eigenvalue weighted by Gasteiger charge is 2.21. The Bertz CT molecular complexity index is 602. The average Bonchev–Trinajstić information content (AvgIpc) is 2.50. The number of fused-ring (bicyclic) bond motifs is 1. The van der Waals surface area contributed by atoms with Gasteiger partial charge in [-0.3, -0.25) is 0 Å². The maximum Gasteiger partial charge on any atom is 0.240 e. The summed E-state index contributed by atoms with van der Waals surface area (Å²) in [5, 5.41) is 3.23. The zero-order valence-electron chi connectivity index (χ0n) is 13.4. The number of sulfonamides is 1. The second kappa shape index (κ2) is 7.30. The summed E-state index contributed by atoms with van der Waals surface area (Å²) < 4.78 is 33.0. The number of nitrogens with zero attached hydrogens (tertiary/aromatic N) is 1. The van der Waals surface area contributed by atoms with Gasteiger partial charge in [0.25, 0.3) is 0 Å². The van der Waals surface area contributed by atoms with Gasteiger partial charge in [-0.15, -0.1) is 0 Å². The molecule has 22 heavy (non-hydrogen) atoms. The molecular formula is C15H25N3O3S. The summed E-state index contributed by atoms with van der Waals surface area (Å²) in [6, 6.07) is 4.95. The molecule has 1 heterocycles. The van der Waals surface area contributed by atoms with Crippen molar-refractivity contribution in [2.75, 3.05) is 39.0 Å². The van der Waals surface area contributed by atoms with E-state index in [2.05, 4.69) is 17.0 Å². The predicted octanol–water partition coefficient (Wildman–Crippen LogP) is 1.50. The molecule has 0 aliphatic carbocycles. The normalized spacial score (nSPS) is 17.7. The van der Waals surface area contributed by atoms with Gasteiger partial charge in [0, 0.05) is 6.54 Å². The van der Waals surface area contributed by atoms with E-state index in [1.54, 1.807) is 18.2 Å². The summed E-state index contributed by atoms with van der Waals surface area (Å²) >= 11 is 0. The third-order valence-electron chi connectivity index (χ3n) is 3.60. The highest BCUT2D eigenvalue weighted by molar-refractivity contribution is 7.89. The number of benzene rings is 1. The molecule has 0 bridgehead atoms. The van der Waals surface area contributed by atoms with Gasteiger partial charge in [0.2, 0.25) is 10.0 Å². The van der Waals surface area contributed by atoms with Gasteiger partial charge in [0.1, 0.15) is 11.9 Å². The monoisotopic (exact) mass is 327 g/mol. The van der Waals surface area contributed by atoms with Gasteiger partial charge in [-0.25, -0.2) is 13.1 Å². The van der Waals surface area contributed by atoms with Crippen molar-refractivity contribution in [3.63, 3.8) is 0 Å². The van der Waals surface area contributed by atoms with Crippen LogP contribution in [-0.2, 0) is 10.0 Å². The lowest BCUT2D eigenvalue weighted by Crippen LogP contribution is -2.30. The van der Waals surface area contributed by atoms with Crippen molar-refractivity contribution in [2.45, 2.75) is 30.8 Å². The fourth-order valence-electron chi connectivity index (χ4n) is 2.28. The number of nitrogens with one attached hydrogen (secondary N) is 2. The third-order valence-corrected chi connectivity index (χ3v) is 5.06. The first-order chi connectivity index (χ1) is 10.4. The first kappa shape index (κ1) is 17.1. The van der Waals surface area contributed by atoms with E-state index >= 15 is 0 Å². The average molecular weight is 327 g/mol. The molecule has 7 heteroatoms. The zero-order chi connectivity index (χ0) is 16.2. The molecule has 1 aliphatic rings. The van der Waals surface area contributed by atoms with E-state index in [9.17, 15) is 8.42 Å². The van der Waals surface area contributed by atoms with Gasteiger partial charge in [-0.1, -0.05) is 6.92 Å². The van der Waals surface area contributed by atoms with Crippen molar-refractivity contribution in [3.05, 3.63) is 18.2 Å². The maximum absolute atomic E-state index is 12.3. The largest absolute Gasteiger partial charge is 0.486 e. The van der Waals surface area contributed by atoms with Crippen LogP contribution in [0, 0.1) is 0 Å². The fourth-order valence-corrected chi connectivity index (χ4v) is 3.37. The summed E-state index contributed by atoms with van der Waals surface area (Å²) in [6.07, 6.45) is 1.83. The quantitative estimate of drug-likeness (QED) is 0.743. The Balaban J connectivity index is 2.03. The van der Waals surface area contributed by atoms with E-state index in [-0.39, 0.29) is 11.0 Å². The topological polar surface area (TPSA) is 70.7 Å². The van der Waals surface area contributed by atoms with Gasteiger partial charge in [0.05, 0.1) is 17.1 Å². The minimum atomic E-state index is -3.47. The molecule has 124 valence electrons. The Kier molecular flexibility index (Phi) is 5.66. The summed E-state index contributed by atoms with van der Waals surface area (Å²) in [5.74, 6) is 0.713. The van der Waals surface area contributed by atoms with Crippen molar-refractivity contribution in [1.29, 1.82) is 0 Å². The summed E-state index contributed by atoms with van der Waals surface area (Å²) in [5.41, 5.74) is 0.737. The van der Waals surface area contributed by atoms with Crippen molar-refractivity contribution in [3.8, 4) is 5.75 Å². The molecule has 0 amide bonds. The lowest BCUT2D eigenvalue weighted by molar-refractivity contribution is 0.201. The van der Waals surface area contributed by atoms with Crippen LogP contribution in [0.25, 0.3) is 0 Å². The first-order valence-corrected chi connectivity index (χ1v) is 9.09. The van der Waals surface area contributed by atoms with E-state index in [4.69, 9.17) is 4.74 Å². The van der Waals surface area contributed by atoms with Crippen LogP contribution in [0.4, 0.5) is 5.69 Å². The molecule has 1 atom stereocenters. The Morgan fingerprint density at radius 2 is 2.18 bits per heavy atom. The van der Waals surface area contributed by atoms with Gasteiger partial charge < -0.3 is 15.0 Å². The molecule has 0 radical (unpaired) electrons. The molecule has 0 aromatic heterocycles. The van der Waals surface area contributed by atoms with Crippen LogP contribution in [0.5, 0.6) is 5.75 Å². The fraction of sp³-hybridized carbons (Fsp3) is 0.600. The number of hydrogen-bond donors (Lipinski definition) is 2. The maximum atomic E-state index is 12.3. The van der Waals surface area contributed by atoms with Gasteiger partial charge in [0.15, 0.2) is 0 Å². The summed E-state index contributed by atoms with van der Waals surface area (Å²) in [7, 11) is 0.456. The Hall–Kier alpha value is -1.31. The molecule has 2 N–H and O–H groups in total. The summed E-state index contributed by atoms with van der Waals surface area (Å²) in [6.45, 7) is 4.04. The number of hydrogen-bond acceptors (Lipinski definition) is 5. The molecule has 1 unspecified atom stereocenters. The van der Waals surface area contributed by atoms with E-state index in [0.717, 1.165) is 25.1 Å². The van der Waals surface area contributed by atoms with Crippen molar-refractivity contribution >= 4 is 15.7 Å². The van der Waals surface area contributed by atoms with Crippen LogP contribution in [0.2, 0.25) is 0 Å². The molecular weight excluding hydrogens is 302 g/mol.